The molecule has 0 aliphatic heterocycles. The molecule has 0 radical (unpaired) electrons. The van der Waals surface area contributed by atoms with Gasteiger partial charge in [-0.2, -0.15) is 5.26 Å². The summed E-state index contributed by atoms with van der Waals surface area (Å²) in [5.74, 6) is 0. The molecular weight excluding hydrogens is 162 g/mol. The molecule has 0 unspecified atom stereocenters. The highest BCUT2D eigenvalue weighted by Crippen LogP contribution is 2.33. The predicted octanol–water partition coefficient (Wildman–Crippen LogP) is 1.09. The van der Waals surface area contributed by atoms with E-state index in [4.69, 9.17) is 16.7 Å². The Hall–Kier alpha value is -1.53. The minimum atomic E-state index is 0.0607. The van der Waals surface area contributed by atoms with Gasteiger partial charge in [0.05, 0.1) is 11.6 Å². The zero-order chi connectivity index (χ0) is 9.42. The van der Waals surface area contributed by atoms with E-state index in [2.05, 4.69) is 6.07 Å². The Morgan fingerprint density at radius 2 is 2.23 bits per heavy atom. The van der Waals surface area contributed by atoms with E-state index in [0.717, 1.165) is 24.0 Å². The van der Waals surface area contributed by atoms with E-state index < -0.39 is 0 Å². The summed E-state index contributed by atoms with van der Waals surface area (Å²) in [5.41, 5.74) is 15.0. The van der Waals surface area contributed by atoms with Crippen LogP contribution >= 0.6 is 0 Å². The molecule has 0 bridgehead atoms. The second-order valence-corrected chi connectivity index (χ2v) is 3.39. The van der Waals surface area contributed by atoms with Gasteiger partial charge in [-0.25, -0.2) is 0 Å². The first kappa shape index (κ1) is 8.09. The smallest absolute Gasteiger partial charge is 0.0995 e. The number of hydrogen-bond donors (Lipinski definition) is 2. The maximum Gasteiger partial charge on any atom is 0.0995 e. The third-order valence-corrected chi connectivity index (χ3v) is 2.53. The van der Waals surface area contributed by atoms with E-state index in [1.165, 1.54) is 0 Å². The molecule has 0 fully saturated rings. The highest BCUT2D eigenvalue weighted by molar-refractivity contribution is 5.56. The lowest BCUT2D eigenvalue weighted by Crippen LogP contribution is -2.06. The summed E-state index contributed by atoms with van der Waals surface area (Å²) < 4.78 is 0. The van der Waals surface area contributed by atoms with Crippen molar-refractivity contribution in [3.05, 3.63) is 28.8 Å². The van der Waals surface area contributed by atoms with Crippen LogP contribution in [0.1, 0.15) is 29.2 Å². The van der Waals surface area contributed by atoms with Gasteiger partial charge < -0.3 is 11.5 Å². The first-order chi connectivity index (χ1) is 6.22. The largest absolute Gasteiger partial charge is 0.399 e. The van der Waals surface area contributed by atoms with Crippen molar-refractivity contribution in [2.75, 3.05) is 5.73 Å². The molecule has 3 heteroatoms. The van der Waals surface area contributed by atoms with E-state index in [-0.39, 0.29) is 6.04 Å². The summed E-state index contributed by atoms with van der Waals surface area (Å²) in [4.78, 5) is 0. The first-order valence-corrected chi connectivity index (χ1v) is 4.30. The monoisotopic (exact) mass is 173 g/mol. The molecule has 66 valence electrons. The van der Waals surface area contributed by atoms with Crippen molar-refractivity contribution in [1.29, 1.82) is 5.26 Å². The Morgan fingerprint density at radius 3 is 2.92 bits per heavy atom. The number of benzene rings is 1. The Labute approximate surface area is 77.0 Å². The van der Waals surface area contributed by atoms with Crippen LogP contribution in [0.5, 0.6) is 0 Å². The van der Waals surface area contributed by atoms with Crippen LogP contribution in [0.15, 0.2) is 12.1 Å². The molecule has 1 aliphatic carbocycles. The summed E-state index contributed by atoms with van der Waals surface area (Å²) in [5, 5.41) is 8.87. The topological polar surface area (TPSA) is 75.8 Å². The lowest BCUT2D eigenvalue weighted by molar-refractivity contribution is 0.713. The van der Waals surface area contributed by atoms with Crippen molar-refractivity contribution >= 4 is 5.69 Å². The Bertz CT molecular complexity index is 390. The molecular formula is C10H11N3. The summed E-state index contributed by atoms with van der Waals surface area (Å²) >= 11 is 0. The van der Waals surface area contributed by atoms with Gasteiger partial charge in [-0.05, 0) is 36.1 Å². The molecule has 2 rings (SSSR count). The fraction of sp³-hybridized carbons (Fsp3) is 0.300. The van der Waals surface area contributed by atoms with Crippen LogP contribution in [0, 0.1) is 11.3 Å². The van der Waals surface area contributed by atoms with Crippen molar-refractivity contribution in [3.8, 4) is 6.07 Å². The second-order valence-electron chi connectivity index (χ2n) is 3.39. The van der Waals surface area contributed by atoms with Crippen molar-refractivity contribution < 1.29 is 0 Å². The molecule has 0 aromatic heterocycles. The Balaban J connectivity index is 2.65. The van der Waals surface area contributed by atoms with E-state index in [1.54, 1.807) is 6.07 Å². The van der Waals surface area contributed by atoms with Gasteiger partial charge in [0.1, 0.15) is 0 Å². The van der Waals surface area contributed by atoms with Crippen molar-refractivity contribution in [3.63, 3.8) is 0 Å². The lowest BCUT2D eigenvalue weighted by atomic mass is 10.0. The van der Waals surface area contributed by atoms with Crippen LogP contribution < -0.4 is 11.5 Å². The number of nitriles is 1. The quantitative estimate of drug-likeness (QED) is 0.576. The van der Waals surface area contributed by atoms with Gasteiger partial charge in [0, 0.05) is 11.7 Å². The SMILES string of the molecule is N#Cc1cc(N)cc2c1CC[C@H]2N. The van der Waals surface area contributed by atoms with Gasteiger partial charge in [-0.1, -0.05) is 0 Å². The third-order valence-electron chi connectivity index (χ3n) is 2.53. The van der Waals surface area contributed by atoms with Crippen molar-refractivity contribution in [2.24, 2.45) is 5.73 Å². The molecule has 1 aliphatic rings. The maximum atomic E-state index is 8.87. The highest BCUT2D eigenvalue weighted by atomic mass is 14.7. The van der Waals surface area contributed by atoms with Gasteiger partial charge in [0.25, 0.3) is 0 Å². The number of nitrogen functional groups attached to an aromatic ring is 1. The number of fused-ring (bicyclic) bond motifs is 1. The van der Waals surface area contributed by atoms with Gasteiger partial charge in [-0.3, -0.25) is 0 Å². The molecule has 13 heavy (non-hydrogen) atoms. The molecule has 1 atom stereocenters. The number of rotatable bonds is 0. The second kappa shape index (κ2) is 2.75. The van der Waals surface area contributed by atoms with Gasteiger partial charge in [0.15, 0.2) is 0 Å². The summed E-state index contributed by atoms with van der Waals surface area (Å²) in [7, 11) is 0. The highest BCUT2D eigenvalue weighted by Gasteiger charge is 2.22. The van der Waals surface area contributed by atoms with Gasteiger partial charge in [-0.15, -0.1) is 0 Å². The number of nitrogens with zero attached hydrogens (tertiary/aromatic N) is 1. The molecule has 0 heterocycles. The average Bonchev–Trinajstić information content (AvgIpc) is 2.47. The van der Waals surface area contributed by atoms with Crippen LogP contribution in [0.25, 0.3) is 0 Å². The minimum Gasteiger partial charge on any atom is -0.399 e. The number of anilines is 1. The van der Waals surface area contributed by atoms with Crippen LogP contribution in [0.4, 0.5) is 5.69 Å². The normalized spacial score (nSPS) is 19.5. The summed E-state index contributed by atoms with van der Waals surface area (Å²) in [6, 6.07) is 5.82. The van der Waals surface area contributed by atoms with Gasteiger partial charge in [0.2, 0.25) is 0 Å². The first-order valence-electron chi connectivity index (χ1n) is 4.30. The van der Waals surface area contributed by atoms with E-state index >= 15 is 0 Å². The van der Waals surface area contributed by atoms with Gasteiger partial charge >= 0.3 is 0 Å². The van der Waals surface area contributed by atoms with E-state index in [9.17, 15) is 0 Å². The number of nitrogens with two attached hydrogens (primary N) is 2. The van der Waals surface area contributed by atoms with Crippen LogP contribution in [-0.4, -0.2) is 0 Å². The minimum absolute atomic E-state index is 0.0607. The molecule has 1 aromatic carbocycles. The van der Waals surface area contributed by atoms with E-state index in [0.29, 0.717) is 11.3 Å². The molecule has 4 N–H and O–H groups in total. The Morgan fingerprint density at radius 1 is 1.46 bits per heavy atom. The van der Waals surface area contributed by atoms with E-state index in [1.807, 2.05) is 6.07 Å². The average molecular weight is 173 g/mol. The summed E-state index contributed by atoms with van der Waals surface area (Å²) in [6.07, 6.45) is 1.83. The van der Waals surface area contributed by atoms with Crippen LogP contribution in [-0.2, 0) is 6.42 Å². The predicted molar refractivity (Wildman–Crippen MR) is 50.8 cm³/mol. The molecule has 3 nitrogen and oxygen atoms in total. The van der Waals surface area contributed by atoms with Crippen LogP contribution in [0.3, 0.4) is 0 Å². The zero-order valence-electron chi connectivity index (χ0n) is 7.25. The Kier molecular flexibility index (Phi) is 1.71. The number of hydrogen-bond acceptors (Lipinski definition) is 3. The summed E-state index contributed by atoms with van der Waals surface area (Å²) in [6.45, 7) is 0. The molecule has 0 amide bonds. The van der Waals surface area contributed by atoms with Crippen molar-refractivity contribution in [1.82, 2.24) is 0 Å². The lowest BCUT2D eigenvalue weighted by Gasteiger charge is -2.06. The third kappa shape index (κ3) is 1.16. The van der Waals surface area contributed by atoms with Crippen molar-refractivity contribution in [2.45, 2.75) is 18.9 Å². The molecule has 0 saturated carbocycles. The fourth-order valence-electron chi connectivity index (χ4n) is 1.88. The van der Waals surface area contributed by atoms with Crippen LogP contribution in [0.2, 0.25) is 0 Å². The maximum absolute atomic E-state index is 8.87. The zero-order valence-corrected chi connectivity index (χ0v) is 7.25. The molecule has 0 saturated heterocycles. The fourth-order valence-corrected chi connectivity index (χ4v) is 1.88. The molecule has 0 spiro atoms. The molecule has 1 aromatic rings. The standard InChI is InChI=1S/C10H11N3/c11-5-6-3-7(12)4-9-8(6)1-2-10(9)13/h3-4,10H,1-2,12-13H2/t10-/m1/s1.